The second-order valence-electron chi connectivity index (χ2n) is 6.19. The number of carbonyl (C=O) groups is 3. The molecule has 2 aliphatic heterocycles. The molecule has 9 nitrogen and oxygen atoms in total. The SMILES string of the molecule is CC(=O)N1CCN(c2cnc(C(=O)N3CCN(C=O)CC3)cn2)CC1. The first-order valence-electron chi connectivity index (χ1n) is 8.39. The number of hydrogen-bond acceptors (Lipinski definition) is 6. The molecule has 0 spiro atoms. The van der Waals surface area contributed by atoms with E-state index >= 15 is 0 Å². The summed E-state index contributed by atoms with van der Waals surface area (Å²) in [6, 6.07) is 0. The van der Waals surface area contributed by atoms with Crippen molar-refractivity contribution in [1.29, 1.82) is 0 Å². The zero-order valence-corrected chi connectivity index (χ0v) is 14.3. The summed E-state index contributed by atoms with van der Waals surface area (Å²) in [5, 5.41) is 0. The van der Waals surface area contributed by atoms with Crippen molar-refractivity contribution in [2.45, 2.75) is 6.92 Å². The Hall–Kier alpha value is -2.71. The normalized spacial score (nSPS) is 18.3. The van der Waals surface area contributed by atoms with Gasteiger partial charge in [-0.25, -0.2) is 9.97 Å². The van der Waals surface area contributed by atoms with E-state index in [1.807, 2.05) is 0 Å². The van der Waals surface area contributed by atoms with Gasteiger partial charge in [0.05, 0.1) is 12.4 Å². The lowest BCUT2D eigenvalue weighted by Gasteiger charge is -2.34. The zero-order chi connectivity index (χ0) is 17.8. The summed E-state index contributed by atoms with van der Waals surface area (Å²) < 4.78 is 0. The van der Waals surface area contributed by atoms with Crippen molar-refractivity contribution < 1.29 is 14.4 Å². The largest absolute Gasteiger partial charge is 0.352 e. The maximum Gasteiger partial charge on any atom is 0.274 e. The summed E-state index contributed by atoms with van der Waals surface area (Å²) in [7, 11) is 0. The van der Waals surface area contributed by atoms with Gasteiger partial charge in [-0.05, 0) is 0 Å². The van der Waals surface area contributed by atoms with Crippen molar-refractivity contribution >= 4 is 24.0 Å². The third-order valence-corrected chi connectivity index (χ3v) is 4.66. The van der Waals surface area contributed by atoms with Crippen LogP contribution in [0.15, 0.2) is 12.4 Å². The Morgan fingerprint density at radius 3 is 2.08 bits per heavy atom. The number of carbonyl (C=O) groups excluding carboxylic acids is 3. The Morgan fingerprint density at radius 2 is 1.56 bits per heavy atom. The molecule has 0 radical (unpaired) electrons. The van der Waals surface area contributed by atoms with Crippen LogP contribution in [0.1, 0.15) is 17.4 Å². The third kappa shape index (κ3) is 3.86. The number of anilines is 1. The van der Waals surface area contributed by atoms with Gasteiger partial charge in [-0.15, -0.1) is 0 Å². The van der Waals surface area contributed by atoms with Crippen LogP contribution >= 0.6 is 0 Å². The fourth-order valence-electron chi connectivity index (χ4n) is 3.04. The monoisotopic (exact) mass is 346 g/mol. The quantitative estimate of drug-likeness (QED) is 0.656. The van der Waals surface area contributed by atoms with Crippen LogP contribution in [0.3, 0.4) is 0 Å². The van der Waals surface area contributed by atoms with E-state index in [1.165, 1.54) is 6.20 Å². The highest BCUT2D eigenvalue weighted by Crippen LogP contribution is 2.13. The van der Waals surface area contributed by atoms with Crippen LogP contribution in [0.5, 0.6) is 0 Å². The van der Waals surface area contributed by atoms with E-state index in [4.69, 9.17) is 0 Å². The number of piperazine rings is 2. The molecule has 3 amide bonds. The Bertz CT molecular complexity index is 634. The summed E-state index contributed by atoms with van der Waals surface area (Å²) in [5.74, 6) is 0.637. The summed E-state index contributed by atoms with van der Waals surface area (Å²) in [5.41, 5.74) is 0.311. The van der Waals surface area contributed by atoms with E-state index < -0.39 is 0 Å². The molecule has 25 heavy (non-hydrogen) atoms. The molecule has 0 saturated carbocycles. The van der Waals surface area contributed by atoms with Crippen LogP contribution < -0.4 is 4.90 Å². The van der Waals surface area contributed by atoms with Crippen molar-refractivity contribution in [3.8, 4) is 0 Å². The number of hydrogen-bond donors (Lipinski definition) is 0. The molecule has 0 N–H and O–H groups in total. The zero-order valence-electron chi connectivity index (χ0n) is 14.3. The van der Waals surface area contributed by atoms with Crippen LogP contribution in [-0.4, -0.2) is 95.3 Å². The fourth-order valence-corrected chi connectivity index (χ4v) is 3.04. The highest BCUT2D eigenvalue weighted by atomic mass is 16.2. The van der Waals surface area contributed by atoms with E-state index in [2.05, 4.69) is 14.9 Å². The average Bonchev–Trinajstić information content (AvgIpc) is 2.67. The number of amides is 3. The van der Waals surface area contributed by atoms with E-state index in [9.17, 15) is 14.4 Å². The molecule has 0 unspecified atom stereocenters. The lowest BCUT2D eigenvalue weighted by atomic mass is 10.3. The molecule has 3 rings (SSSR count). The second-order valence-corrected chi connectivity index (χ2v) is 6.19. The molecule has 2 saturated heterocycles. The molecular formula is C16H22N6O3. The first-order valence-corrected chi connectivity index (χ1v) is 8.39. The summed E-state index contributed by atoms with van der Waals surface area (Å²) in [4.78, 5) is 50.4. The summed E-state index contributed by atoms with van der Waals surface area (Å²) >= 11 is 0. The topological polar surface area (TPSA) is 90.0 Å². The lowest BCUT2D eigenvalue weighted by molar-refractivity contribution is -0.129. The Balaban J connectivity index is 1.58. The van der Waals surface area contributed by atoms with Crippen LogP contribution in [0.25, 0.3) is 0 Å². The van der Waals surface area contributed by atoms with Gasteiger partial charge in [0.15, 0.2) is 0 Å². The first-order chi connectivity index (χ1) is 12.1. The second kappa shape index (κ2) is 7.45. The summed E-state index contributed by atoms with van der Waals surface area (Å²) in [6.07, 6.45) is 3.92. The third-order valence-electron chi connectivity index (χ3n) is 4.66. The van der Waals surface area contributed by atoms with Crippen molar-refractivity contribution in [3.05, 3.63) is 18.1 Å². The van der Waals surface area contributed by atoms with E-state index in [-0.39, 0.29) is 11.8 Å². The first kappa shape index (κ1) is 17.1. The van der Waals surface area contributed by atoms with Gasteiger partial charge in [0.2, 0.25) is 12.3 Å². The van der Waals surface area contributed by atoms with Gasteiger partial charge < -0.3 is 19.6 Å². The van der Waals surface area contributed by atoms with Crippen LogP contribution in [0.4, 0.5) is 5.82 Å². The number of aromatic nitrogens is 2. The highest BCUT2D eigenvalue weighted by Gasteiger charge is 2.24. The van der Waals surface area contributed by atoms with Crippen LogP contribution in [-0.2, 0) is 9.59 Å². The molecule has 0 aliphatic carbocycles. The van der Waals surface area contributed by atoms with E-state index in [0.29, 0.717) is 63.9 Å². The van der Waals surface area contributed by atoms with Crippen molar-refractivity contribution in [1.82, 2.24) is 24.7 Å². The predicted octanol–water partition coefficient (Wildman–Crippen LogP) is -0.941. The van der Waals surface area contributed by atoms with E-state index in [0.717, 1.165) is 6.41 Å². The van der Waals surface area contributed by atoms with Gasteiger partial charge in [0.25, 0.3) is 5.91 Å². The number of nitrogens with zero attached hydrogens (tertiary/aromatic N) is 6. The lowest BCUT2D eigenvalue weighted by Crippen LogP contribution is -2.48. The minimum atomic E-state index is -0.161. The molecular weight excluding hydrogens is 324 g/mol. The van der Waals surface area contributed by atoms with Gasteiger partial charge in [-0.3, -0.25) is 14.4 Å². The number of rotatable bonds is 3. The van der Waals surface area contributed by atoms with Gasteiger partial charge in [-0.1, -0.05) is 0 Å². The Labute approximate surface area is 146 Å². The molecule has 1 aromatic rings. The maximum absolute atomic E-state index is 12.5. The summed E-state index contributed by atoms with van der Waals surface area (Å²) in [6.45, 7) is 6.41. The highest BCUT2D eigenvalue weighted by molar-refractivity contribution is 5.92. The van der Waals surface area contributed by atoms with Crippen LogP contribution in [0, 0.1) is 0 Å². The molecule has 9 heteroatoms. The van der Waals surface area contributed by atoms with Gasteiger partial charge in [-0.2, -0.15) is 0 Å². The van der Waals surface area contributed by atoms with Gasteiger partial charge >= 0.3 is 0 Å². The molecule has 1 aromatic heterocycles. The van der Waals surface area contributed by atoms with Crippen molar-refractivity contribution in [2.75, 3.05) is 57.3 Å². The average molecular weight is 346 g/mol. The molecule has 0 aromatic carbocycles. The molecule has 2 aliphatic rings. The predicted molar refractivity (Wildman–Crippen MR) is 90.0 cm³/mol. The fraction of sp³-hybridized carbons (Fsp3) is 0.562. The van der Waals surface area contributed by atoms with Crippen molar-refractivity contribution in [2.24, 2.45) is 0 Å². The smallest absolute Gasteiger partial charge is 0.274 e. The molecule has 134 valence electrons. The Morgan fingerprint density at radius 1 is 0.920 bits per heavy atom. The molecule has 0 atom stereocenters. The Kier molecular flexibility index (Phi) is 5.11. The minimum absolute atomic E-state index is 0.0846. The van der Waals surface area contributed by atoms with Crippen molar-refractivity contribution in [3.63, 3.8) is 0 Å². The molecule has 0 bridgehead atoms. The van der Waals surface area contributed by atoms with E-state index in [1.54, 1.807) is 27.8 Å². The molecule has 3 heterocycles. The van der Waals surface area contributed by atoms with Gasteiger partial charge in [0, 0.05) is 59.3 Å². The van der Waals surface area contributed by atoms with Gasteiger partial charge in [0.1, 0.15) is 11.5 Å². The minimum Gasteiger partial charge on any atom is -0.352 e. The van der Waals surface area contributed by atoms with Crippen LogP contribution in [0.2, 0.25) is 0 Å². The molecule has 2 fully saturated rings. The maximum atomic E-state index is 12.5. The standard InChI is InChI=1S/C16H22N6O3/c1-13(24)20-6-8-21(9-7-20)15-11-17-14(10-18-15)16(25)22-4-2-19(12-23)3-5-22/h10-12H,2-9H2,1H3.